The summed E-state index contributed by atoms with van der Waals surface area (Å²) in [6.45, 7) is 3.13. The lowest BCUT2D eigenvalue weighted by molar-refractivity contribution is 0.578. The van der Waals surface area contributed by atoms with Gasteiger partial charge in [-0.1, -0.05) is 13.0 Å². The third kappa shape index (κ3) is 3.90. The minimum atomic E-state index is -0.671. The molecule has 6 heteroatoms. The number of anilines is 2. The molecule has 2 aromatic rings. The molecule has 0 aliphatic heterocycles. The zero-order valence-electron chi connectivity index (χ0n) is 11.2. The van der Waals surface area contributed by atoms with Crippen LogP contribution in [0, 0.1) is 11.6 Å². The van der Waals surface area contributed by atoms with Crippen LogP contribution in [0.4, 0.5) is 20.4 Å². The number of nitrogens with one attached hydrogen (secondary N) is 2. The van der Waals surface area contributed by atoms with Gasteiger partial charge in [0.1, 0.15) is 0 Å². The SMILES string of the molecule is CCCNc1nc(NCCc2cccs2)c(F)cc1F. The maximum atomic E-state index is 13.6. The van der Waals surface area contributed by atoms with Gasteiger partial charge in [0.25, 0.3) is 0 Å². The van der Waals surface area contributed by atoms with Crippen molar-refractivity contribution in [2.75, 3.05) is 23.7 Å². The van der Waals surface area contributed by atoms with Crippen LogP contribution in [-0.4, -0.2) is 18.1 Å². The van der Waals surface area contributed by atoms with Crippen LogP contribution in [0.15, 0.2) is 23.6 Å². The van der Waals surface area contributed by atoms with E-state index in [1.807, 2.05) is 24.4 Å². The van der Waals surface area contributed by atoms with E-state index in [1.165, 1.54) is 4.88 Å². The van der Waals surface area contributed by atoms with E-state index in [9.17, 15) is 8.78 Å². The Labute approximate surface area is 121 Å². The Morgan fingerprint density at radius 1 is 1.15 bits per heavy atom. The molecule has 0 bridgehead atoms. The number of thiophene rings is 1. The lowest BCUT2D eigenvalue weighted by atomic mass is 10.3. The molecule has 0 amide bonds. The van der Waals surface area contributed by atoms with Crippen LogP contribution in [0.25, 0.3) is 0 Å². The van der Waals surface area contributed by atoms with Crippen LogP contribution in [0.2, 0.25) is 0 Å². The van der Waals surface area contributed by atoms with E-state index in [0.717, 1.165) is 18.9 Å². The van der Waals surface area contributed by atoms with Crippen molar-refractivity contribution in [3.8, 4) is 0 Å². The number of halogens is 2. The average molecular weight is 297 g/mol. The average Bonchev–Trinajstić information content (AvgIpc) is 2.93. The Hall–Kier alpha value is -1.69. The third-order valence-corrected chi connectivity index (χ3v) is 3.65. The van der Waals surface area contributed by atoms with Gasteiger partial charge in [0.2, 0.25) is 0 Å². The van der Waals surface area contributed by atoms with Gasteiger partial charge in [-0.25, -0.2) is 13.8 Å². The molecule has 0 spiro atoms. The van der Waals surface area contributed by atoms with Gasteiger partial charge in [-0.3, -0.25) is 0 Å². The minimum Gasteiger partial charge on any atom is -0.368 e. The minimum absolute atomic E-state index is 0.0848. The Balaban J connectivity index is 1.99. The third-order valence-electron chi connectivity index (χ3n) is 2.72. The van der Waals surface area contributed by atoms with E-state index in [0.29, 0.717) is 13.1 Å². The van der Waals surface area contributed by atoms with Gasteiger partial charge in [-0.2, -0.15) is 0 Å². The summed E-state index contributed by atoms with van der Waals surface area (Å²) in [7, 11) is 0. The van der Waals surface area contributed by atoms with Gasteiger partial charge >= 0.3 is 0 Å². The van der Waals surface area contributed by atoms with E-state index in [4.69, 9.17) is 0 Å². The van der Waals surface area contributed by atoms with Crippen LogP contribution < -0.4 is 10.6 Å². The molecule has 0 saturated heterocycles. The highest BCUT2D eigenvalue weighted by Gasteiger charge is 2.11. The van der Waals surface area contributed by atoms with Crippen LogP contribution in [0.1, 0.15) is 18.2 Å². The molecule has 2 aromatic heterocycles. The molecule has 0 fully saturated rings. The topological polar surface area (TPSA) is 37.0 Å². The van der Waals surface area contributed by atoms with Crippen LogP contribution in [-0.2, 0) is 6.42 Å². The summed E-state index contributed by atoms with van der Waals surface area (Å²) in [4.78, 5) is 5.17. The molecule has 0 aliphatic rings. The Kier molecular flexibility index (Phi) is 5.29. The summed E-state index contributed by atoms with van der Waals surface area (Å²) in [6, 6.07) is 4.86. The summed E-state index contributed by atoms with van der Waals surface area (Å²) in [5.41, 5.74) is 0. The summed E-state index contributed by atoms with van der Waals surface area (Å²) >= 11 is 1.65. The second-order valence-electron chi connectivity index (χ2n) is 4.33. The monoisotopic (exact) mass is 297 g/mol. The fourth-order valence-corrected chi connectivity index (χ4v) is 2.43. The molecule has 20 heavy (non-hydrogen) atoms. The molecule has 108 valence electrons. The van der Waals surface area contributed by atoms with Crippen molar-refractivity contribution in [1.82, 2.24) is 4.98 Å². The van der Waals surface area contributed by atoms with Crippen molar-refractivity contribution in [3.63, 3.8) is 0 Å². The summed E-state index contributed by atoms with van der Waals surface area (Å²) in [6.07, 6.45) is 1.63. The first kappa shape index (κ1) is 14.7. The van der Waals surface area contributed by atoms with E-state index >= 15 is 0 Å². The first-order valence-electron chi connectivity index (χ1n) is 6.57. The molecular formula is C14H17F2N3S. The van der Waals surface area contributed by atoms with E-state index < -0.39 is 11.6 Å². The molecule has 2 rings (SSSR count). The van der Waals surface area contributed by atoms with Crippen LogP contribution >= 0.6 is 11.3 Å². The molecule has 2 heterocycles. The highest BCUT2D eigenvalue weighted by molar-refractivity contribution is 7.09. The van der Waals surface area contributed by atoms with Gasteiger partial charge in [-0.05, 0) is 24.3 Å². The smallest absolute Gasteiger partial charge is 0.168 e. The molecule has 2 N–H and O–H groups in total. The Morgan fingerprint density at radius 3 is 2.45 bits per heavy atom. The zero-order chi connectivity index (χ0) is 14.4. The normalized spacial score (nSPS) is 10.6. The lowest BCUT2D eigenvalue weighted by Gasteiger charge is -2.10. The fourth-order valence-electron chi connectivity index (χ4n) is 1.72. The second-order valence-corrected chi connectivity index (χ2v) is 5.36. The predicted octanol–water partition coefficient (Wildman–Crippen LogP) is 3.90. The van der Waals surface area contributed by atoms with E-state index in [2.05, 4.69) is 15.6 Å². The van der Waals surface area contributed by atoms with Gasteiger partial charge in [0.15, 0.2) is 23.3 Å². The van der Waals surface area contributed by atoms with Crippen molar-refractivity contribution >= 4 is 23.0 Å². The maximum absolute atomic E-state index is 13.6. The quantitative estimate of drug-likeness (QED) is 0.814. The molecular weight excluding hydrogens is 280 g/mol. The predicted molar refractivity (Wildman–Crippen MR) is 79.4 cm³/mol. The van der Waals surface area contributed by atoms with E-state index in [-0.39, 0.29) is 11.6 Å². The standard InChI is InChI=1S/C14H17F2N3S/c1-2-6-17-13-11(15)9-12(16)14(19-13)18-7-5-10-4-3-8-20-10/h3-4,8-9H,2,5-7H2,1H3,(H2,17,18,19). The molecule has 0 atom stereocenters. The number of hydrogen-bond acceptors (Lipinski definition) is 4. The second kappa shape index (κ2) is 7.19. The maximum Gasteiger partial charge on any atom is 0.168 e. The van der Waals surface area contributed by atoms with E-state index in [1.54, 1.807) is 11.3 Å². The fraction of sp³-hybridized carbons (Fsp3) is 0.357. The highest BCUT2D eigenvalue weighted by atomic mass is 32.1. The van der Waals surface area contributed by atoms with Crippen LogP contribution in [0.5, 0.6) is 0 Å². The highest BCUT2D eigenvalue weighted by Crippen LogP contribution is 2.19. The lowest BCUT2D eigenvalue weighted by Crippen LogP contribution is -2.11. The van der Waals surface area contributed by atoms with Crippen molar-refractivity contribution in [2.45, 2.75) is 19.8 Å². The van der Waals surface area contributed by atoms with Gasteiger partial charge in [0.05, 0.1) is 0 Å². The van der Waals surface area contributed by atoms with Crippen molar-refractivity contribution in [3.05, 3.63) is 40.1 Å². The summed E-state index contributed by atoms with van der Waals surface area (Å²) in [5.74, 6) is -1.16. The molecule has 0 unspecified atom stereocenters. The largest absolute Gasteiger partial charge is 0.368 e. The van der Waals surface area contributed by atoms with Gasteiger partial charge < -0.3 is 10.6 Å². The molecule has 0 aliphatic carbocycles. The molecule has 0 radical (unpaired) electrons. The first-order valence-corrected chi connectivity index (χ1v) is 7.45. The van der Waals surface area contributed by atoms with Crippen molar-refractivity contribution in [2.24, 2.45) is 0 Å². The first-order chi connectivity index (χ1) is 9.70. The van der Waals surface area contributed by atoms with Gasteiger partial charge in [-0.15, -0.1) is 11.3 Å². The van der Waals surface area contributed by atoms with Gasteiger partial charge in [0, 0.05) is 24.0 Å². The summed E-state index contributed by atoms with van der Waals surface area (Å²) in [5, 5.41) is 7.75. The number of hydrogen-bond donors (Lipinski definition) is 2. The Bertz CT molecular complexity index is 544. The summed E-state index contributed by atoms with van der Waals surface area (Å²) < 4.78 is 27.1. The zero-order valence-corrected chi connectivity index (χ0v) is 12.1. The Morgan fingerprint density at radius 2 is 1.85 bits per heavy atom. The van der Waals surface area contributed by atoms with Crippen molar-refractivity contribution < 1.29 is 8.78 Å². The number of pyridine rings is 1. The van der Waals surface area contributed by atoms with Crippen molar-refractivity contribution in [1.29, 1.82) is 0 Å². The number of rotatable bonds is 7. The number of aromatic nitrogens is 1. The molecule has 0 aromatic carbocycles. The number of nitrogens with zero attached hydrogens (tertiary/aromatic N) is 1. The van der Waals surface area contributed by atoms with Crippen LogP contribution in [0.3, 0.4) is 0 Å². The molecule has 0 saturated carbocycles. The molecule has 3 nitrogen and oxygen atoms in total.